The van der Waals surface area contributed by atoms with E-state index in [1.165, 1.54) is 22.9 Å². The van der Waals surface area contributed by atoms with Crippen LogP contribution in [0.1, 0.15) is 12.5 Å². The summed E-state index contributed by atoms with van der Waals surface area (Å²) in [7, 11) is 0. The summed E-state index contributed by atoms with van der Waals surface area (Å²) in [6.07, 6.45) is 0.903. The molecule has 0 spiro atoms. The summed E-state index contributed by atoms with van der Waals surface area (Å²) in [4.78, 5) is 11.9. The van der Waals surface area contributed by atoms with Gasteiger partial charge in [0, 0.05) is 18.2 Å². The average Bonchev–Trinajstić information content (AvgIpc) is 2.94. The van der Waals surface area contributed by atoms with Gasteiger partial charge < -0.3 is 5.32 Å². The van der Waals surface area contributed by atoms with Crippen LogP contribution in [0.2, 0.25) is 0 Å². The van der Waals surface area contributed by atoms with Crippen LogP contribution < -0.4 is 10.9 Å². The van der Waals surface area contributed by atoms with Gasteiger partial charge in [0.2, 0.25) is 0 Å². The molecule has 4 nitrogen and oxygen atoms in total. The quantitative estimate of drug-likeness (QED) is 0.890. The maximum atomic E-state index is 12.9. The molecule has 1 aliphatic heterocycles. The first kappa shape index (κ1) is 12.0. The molecule has 0 radical (unpaired) electrons. The van der Waals surface area contributed by atoms with Gasteiger partial charge in [0.1, 0.15) is 5.82 Å². The highest BCUT2D eigenvalue weighted by Crippen LogP contribution is 2.18. The average molecular weight is 259 g/mol. The number of halogens is 1. The first-order chi connectivity index (χ1) is 9.24. The third kappa shape index (κ3) is 2.42. The Bertz CT molecular complexity index is 630. The van der Waals surface area contributed by atoms with Gasteiger partial charge in [-0.1, -0.05) is 0 Å². The fourth-order valence-electron chi connectivity index (χ4n) is 2.31. The number of aromatic nitrogens is 2. The Morgan fingerprint density at radius 3 is 2.68 bits per heavy atom. The zero-order chi connectivity index (χ0) is 13.2. The topological polar surface area (TPSA) is 46.9 Å². The van der Waals surface area contributed by atoms with Gasteiger partial charge in [-0.2, -0.15) is 5.10 Å². The van der Waals surface area contributed by atoms with Gasteiger partial charge in [-0.25, -0.2) is 9.07 Å². The number of hydrogen-bond donors (Lipinski definition) is 1. The monoisotopic (exact) mass is 259 g/mol. The largest absolute Gasteiger partial charge is 0.315 e. The molecule has 1 unspecified atom stereocenters. The lowest BCUT2D eigenvalue weighted by Crippen LogP contribution is -2.28. The number of nitrogens with zero attached hydrogens (tertiary/aromatic N) is 2. The minimum Gasteiger partial charge on any atom is -0.315 e. The number of benzene rings is 1. The molecule has 2 heterocycles. The fraction of sp³-hybridized carbons (Fsp3) is 0.286. The molecule has 0 bridgehead atoms. The van der Waals surface area contributed by atoms with Crippen LogP contribution in [0.4, 0.5) is 4.39 Å². The molecule has 1 aliphatic rings. The van der Waals surface area contributed by atoms with Crippen LogP contribution in [0.3, 0.4) is 0 Å². The molecule has 5 heteroatoms. The zero-order valence-corrected chi connectivity index (χ0v) is 10.3. The van der Waals surface area contributed by atoms with Crippen molar-refractivity contribution < 1.29 is 4.39 Å². The smallest absolute Gasteiger partial charge is 0.267 e. The van der Waals surface area contributed by atoms with Gasteiger partial charge in [-0.3, -0.25) is 4.79 Å². The van der Waals surface area contributed by atoms with E-state index < -0.39 is 0 Å². The molecule has 1 saturated heterocycles. The van der Waals surface area contributed by atoms with Crippen molar-refractivity contribution in [3.63, 3.8) is 0 Å². The molecule has 19 heavy (non-hydrogen) atoms. The summed E-state index contributed by atoms with van der Waals surface area (Å²) in [5.74, 6) is -0.280. The first-order valence-corrected chi connectivity index (χ1v) is 6.30. The van der Waals surface area contributed by atoms with Gasteiger partial charge in [0.05, 0.1) is 11.7 Å². The summed E-state index contributed by atoms with van der Waals surface area (Å²) < 4.78 is 14.4. The number of nitrogens with one attached hydrogen (secondary N) is 1. The molecule has 1 aromatic carbocycles. The highest BCUT2D eigenvalue weighted by atomic mass is 19.1. The van der Waals surface area contributed by atoms with Crippen molar-refractivity contribution in [2.24, 2.45) is 0 Å². The SMILES string of the molecule is O=c1ccc(-c2ccc(F)cc2)nn1C1CCNC1. The van der Waals surface area contributed by atoms with Crippen LogP contribution in [0.25, 0.3) is 11.3 Å². The van der Waals surface area contributed by atoms with Crippen LogP contribution in [0, 0.1) is 5.82 Å². The Morgan fingerprint density at radius 1 is 1.21 bits per heavy atom. The standard InChI is InChI=1S/C14H14FN3O/c15-11-3-1-10(2-4-11)13-5-6-14(19)18(17-13)12-7-8-16-9-12/h1-6,12,16H,7-9H2. The van der Waals surface area contributed by atoms with E-state index in [2.05, 4.69) is 10.4 Å². The maximum Gasteiger partial charge on any atom is 0.267 e. The Hall–Kier alpha value is -2.01. The van der Waals surface area contributed by atoms with Crippen molar-refractivity contribution >= 4 is 0 Å². The van der Waals surface area contributed by atoms with E-state index in [9.17, 15) is 9.18 Å². The molecule has 0 aliphatic carbocycles. The molecule has 3 rings (SSSR count). The normalized spacial score (nSPS) is 18.7. The Balaban J connectivity index is 2.01. The van der Waals surface area contributed by atoms with E-state index in [-0.39, 0.29) is 17.4 Å². The van der Waals surface area contributed by atoms with Gasteiger partial charge in [-0.05, 0) is 43.3 Å². The van der Waals surface area contributed by atoms with E-state index in [0.29, 0.717) is 5.69 Å². The molecule has 0 amide bonds. The van der Waals surface area contributed by atoms with E-state index in [4.69, 9.17) is 0 Å². The molecular formula is C14H14FN3O. The summed E-state index contributed by atoms with van der Waals surface area (Å²) in [5, 5.41) is 7.61. The predicted octanol–water partition coefficient (Wildman–Crippen LogP) is 1.58. The van der Waals surface area contributed by atoms with Crippen molar-refractivity contribution in [1.29, 1.82) is 0 Å². The van der Waals surface area contributed by atoms with Crippen molar-refractivity contribution in [3.05, 3.63) is 52.6 Å². The molecule has 1 atom stereocenters. The second kappa shape index (κ2) is 4.93. The Kier molecular flexibility index (Phi) is 3.13. The van der Waals surface area contributed by atoms with Crippen LogP contribution in [0.15, 0.2) is 41.2 Å². The lowest BCUT2D eigenvalue weighted by Gasteiger charge is -2.12. The minimum absolute atomic E-state index is 0.0976. The third-order valence-electron chi connectivity index (χ3n) is 3.35. The molecule has 1 fully saturated rings. The van der Waals surface area contributed by atoms with Crippen molar-refractivity contribution in [1.82, 2.24) is 15.1 Å². The molecule has 98 valence electrons. The van der Waals surface area contributed by atoms with E-state index >= 15 is 0 Å². The van der Waals surface area contributed by atoms with Crippen molar-refractivity contribution in [2.75, 3.05) is 13.1 Å². The molecule has 2 aromatic rings. The molecule has 1 aromatic heterocycles. The van der Waals surface area contributed by atoms with E-state index in [0.717, 1.165) is 25.1 Å². The van der Waals surface area contributed by atoms with E-state index in [1.54, 1.807) is 18.2 Å². The van der Waals surface area contributed by atoms with Gasteiger partial charge in [-0.15, -0.1) is 0 Å². The summed E-state index contributed by atoms with van der Waals surface area (Å²) >= 11 is 0. The van der Waals surface area contributed by atoms with Gasteiger partial charge in [0.15, 0.2) is 0 Å². The molecule has 0 saturated carbocycles. The van der Waals surface area contributed by atoms with Crippen LogP contribution in [-0.2, 0) is 0 Å². The predicted molar refractivity (Wildman–Crippen MR) is 70.4 cm³/mol. The maximum absolute atomic E-state index is 12.9. The van der Waals surface area contributed by atoms with Gasteiger partial charge >= 0.3 is 0 Å². The lowest BCUT2D eigenvalue weighted by atomic mass is 10.1. The second-order valence-corrected chi connectivity index (χ2v) is 4.65. The lowest BCUT2D eigenvalue weighted by molar-refractivity contribution is 0.467. The molecule has 1 N–H and O–H groups in total. The summed E-state index contributed by atoms with van der Waals surface area (Å²) in [6.45, 7) is 1.67. The first-order valence-electron chi connectivity index (χ1n) is 6.30. The Morgan fingerprint density at radius 2 is 2.00 bits per heavy atom. The highest BCUT2D eigenvalue weighted by Gasteiger charge is 2.18. The number of rotatable bonds is 2. The van der Waals surface area contributed by atoms with Crippen molar-refractivity contribution in [3.8, 4) is 11.3 Å². The Labute approximate surface area is 109 Å². The second-order valence-electron chi connectivity index (χ2n) is 4.65. The van der Waals surface area contributed by atoms with Crippen LogP contribution in [-0.4, -0.2) is 22.9 Å². The van der Waals surface area contributed by atoms with Crippen molar-refractivity contribution in [2.45, 2.75) is 12.5 Å². The van der Waals surface area contributed by atoms with E-state index in [1.807, 2.05) is 0 Å². The highest BCUT2D eigenvalue weighted by molar-refractivity contribution is 5.57. The summed E-state index contributed by atoms with van der Waals surface area (Å²) in [5.41, 5.74) is 1.40. The van der Waals surface area contributed by atoms with Crippen LogP contribution >= 0.6 is 0 Å². The van der Waals surface area contributed by atoms with Crippen LogP contribution in [0.5, 0.6) is 0 Å². The molecular weight excluding hydrogens is 245 g/mol. The fourth-order valence-corrected chi connectivity index (χ4v) is 2.31. The third-order valence-corrected chi connectivity index (χ3v) is 3.35. The number of hydrogen-bond acceptors (Lipinski definition) is 3. The minimum atomic E-state index is -0.280. The van der Waals surface area contributed by atoms with Gasteiger partial charge in [0.25, 0.3) is 5.56 Å². The zero-order valence-electron chi connectivity index (χ0n) is 10.3. The summed E-state index contributed by atoms with van der Waals surface area (Å²) in [6, 6.07) is 9.41.